The van der Waals surface area contributed by atoms with Gasteiger partial charge in [-0.1, -0.05) is 30.3 Å². The topological polar surface area (TPSA) is 17.1 Å². The van der Waals surface area contributed by atoms with E-state index in [0.29, 0.717) is 0 Å². The normalized spacial score (nSPS) is 10.3. The van der Waals surface area contributed by atoms with Crippen molar-refractivity contribution in [3.63, 3.8) is 0 Å². The molecule has 0 saturated heterocycles. The van der Waals surface area contributed by atoms with E-state index in [4.69, 9.17) is 0 Å². The molecule has 1 heterocycles. The summed E-state index contributed by atoms with van der Waals surface area (Å²) in [5, 5.41) is 0. The molecule has 0 bridgehead atoms. The van der Waals surface area contributed by atoms with Crippen LogP contribution in [0.4, 0.5) is 0 Å². The summed E-state index contributed by atoms with van der Waals surface area (Å²) in [5.41, 5.74) is 0.721. The molecule has 4 heteroatoms. The molecule has 1 aromatic carbocycles. The van der Waals surface area contributed by atoms with E-state index in [-0.39, 0.29) is 5.78 Å². The molecule has 0 spiro atoms. The van der Waals surface area contributed by atoms with Crippen LogP contribution in [0, 0.1) is 0 Å². The first-order valence-corrected chi connectivity index (χ1v) is 6.63. The Morgan fingerprint density at radius 1 is 1.13 bits per heavy atom. The average Bonchev–Trinajstić information content (AvgIpc) is 2.59. The Morgan fingerprint density at radius 3 is 2.33 bits per heavy atom. The molecule has 1 aromatic heterocycles. The third-order valence-electron chi connectivity index (χ3n) is 1.90. The molecule has 0 aliphatic carbocycles. The van der Waals surface area contributed by atoms with Gasteiger partial charge in [0.25, 0.3) is 0 Å². The fourth-order valence-corrected chi connectivity index (χ4v) is 3.19. The van der Waals surface area contributed by atoms with Gasteiger partial charge in [-0.3, -0.25) is 4.79 Å². The van der Waals surface area contributed by atoms with Gasteiger partial charge >= 0.3 is 0 Å². The van der Waals surface area contributed by atoms with Crippen LogP contribution in [0.3, 0.4) is 0 Å². The van der Waals surface area contributed by atoms with Gasteiger partial charge in [0.15, 0.2) is 0 Å². The molecule has 0 atom stereocenters. The predicted octanol–water partition coefficient (Wildman–Crippen LogP) is 4.50. The van der Waals surface area contributed by atoms with Crippen molar-refractivity contribution in [2.75, 3.05) is 0 Å². The number of ketones is 1. The first-order chi connectivity index (χ1) is 7.18. The smallest absolute Gasteiger partial charge is 0.203 e. The van der Waals surface area contributed by atoms with E-state index < -0.39 is 0 Å². The van der Waals surface area contributed by atoms with E-state index in [1.807, 2.05) is 36.4 Å². The lowest BCUT2D eigenvalue weighted by molar-refractivity contribution is 0.104. The minimum Gasteiger partial charge on any atom is -0.288 e. The van der Waals surface area contributed by atoms with Crippen molar-refractivity contribution in [3.05, 3.63) is 55.1 Å². The highest BCUT2D eigenvalue weighted by Crippen LogP contribution is 2.33. The third kappa shape index (κ3) is 2.38. The van der Waals surface area contributed by atoms with E-state index in [9.17, 15) is 4.79 Å². The maximum atomic E-state index is 12.0. The number of halogens is 2. The quantitative estimate of drug-likeness (QED) is 0.732. The van der Waals surface area contributed by atoms with Crippen molar-refractivity contribution in [2.45, 2.75) is 0 Å². The molecule has 1 nitrogen and oxygen atoms in total. The monoisotopic (exact) mass is 344 g/mol. The lowest BCUT2D eigenvalue weighted by Crippen LogP contribution is -1.97. The van der Waals surface area contributed by atoms with E-state index in [1.54, 1.807) is 0 Å². The van der Waals surface area contributed by atoms with E-state index >= 15 is 0 Å². The summed E-state index contributed by atoms with van der Waals surface area (Å²) in [6.45, 7) is 0. The average molecular weight is 346 g/mol. The van der Waals surface area contributed by atoms with E-state index in [1.165, 1.54) is 11.3 Å². The zero-order valence-corrected chi connectivity index (χ0v) is 11.5. The second-order valence-corrected chi connectivity index (χ2v) is 6.15. The number of carbonyl (C=O) groups excluding carboxylic acids is 1. The Balaban J connectivity index is 2.37. The van der Waals surface area contributed by atoms with Crippen LogP contribution in [0.25, 0.3) is 0 Å². The molecule has 0 aliphatic rings. The summed E-state index contributed by atoms with van der Waals surface area (Å²) >= 11 is 8.18. The van der Waals surface area contributed by atoms with Crippen LogP contribution in [0.5, 0.6) is 0 Å². The molecule has 15 heavy (non-hydrogen) atoms. The maximum absolute atomic E-state index is 12.0. The fraction of sp³-hybridized carbons (Fsp3) is 0. The van der Waals surface area contributed by atoms with Crippen LogP contribution in [0.2, 0.25) is 0 Å². The Morgan fingerprint density at radius 2 is 1.80 bits per heavy atom. The van der Waals surface area contributed by atoms with Gasteiger partial charge in [0, 0.05) is 10.0 Å². The number of hydrogen-bond acceptors (Lipinski definition) is 2. The van der Waals surface area contributed by atoms with Gasteiger partial charge in [-0.25, -0.2) is 0 Å². The van der Waals surface area contributed by atoms with Gasteiger partial charge in [-0.15, -0.1) is 11.3 Å². The van der Waals surface area contributed by atoms with Crippen LogP contribution < -0.4 is 0 Å². The first-order valence-electron chi connectivity index (χ1n) is 4.23. The maximum Gasteiger partial charge on any atom is 0.203 e. The highest BCUT2D eigenvalue weighted by Gasteiger charge is 2.13. The molecule has 0 N–H and O–H groups in total. The lowest BCUT2D eigenvalue weighted by atomic mass is 10.1. The summed E-state index contributed by atoms with van der Waals surface area (Å²) in [5.74, 6) is 0.0620. The first kappa shape index (κ1) is 11.0. The molecule has 2 rings (SSSR count). The number of carbonyl (C=O) groups is 1. The Hall–Kier alpha value is -0.450. The number of rotatable bonds is 2. The van der Waals surface area contributed by atoms with Crippen LogP contribution in [-0.4, -0.2) is 5.78 Å². The van der Waals surface area contributed by atoms with Crippen molar-refractivity contribution in [1.29, 1.82) is 0 Å². The summed E-state index contributed by atoms with van der Waals surface area (Å²) < 4.78 is 1.87. The second-order valence-electron chi connectivity index (χ2n) is 2.93. The summed E-state index contributed by atoms with van der Waals surface area (Å²) in [4.78, 5) is 12.7. The molecule has 0 fully saturated rings. The number of thiophene rings is 1. The van der Waals surface area contributed by atoms with Gasteiger partial charge in [-0.05, 0) is 37.9 Å². The van der Waals surface area contributed by atoms with Crippen LogP contribution >= 0.6 is 43.2 Å². The lowest BCUT2D eigenvalue weighted by Gasteiger charge is -1.95. The largest absolute Gasteiger partial charge is 0.288 e. The molecule has 0 radical (unpaired) electrons. The minimum atomic E-state index is 0.0620. The Bertz CT molecular complexity index is 471. The van der Waals surface area contributed by atoms with Gasteiger partial charge < -0.3 is 0 Å². The summed E-state index contributed by atoms with van der Waals surface area (Å²) in [6.07, 6.45) is 0. The molecular weight excluding hydrogens is 340 g/mol. The molecule has 76 valence electrons. The molecule has 0 amide bonds. The second kappa shape index (κ2) is 4.60. The van der Waals surface area contributed by atoms with Gasteiger partial charge in [0.1, 0.15) is 0 Å². The van der Waals surface area contributed by atoms with E-state index in [0.717, 1.165) is 18.7 Å². The summed E-state index contributed by atoms with van der Waals surface area (Å²) in [6, 6.07) is 11.1. The molecular formula is C11H6Br2OS. The highest BCUT2D eigenvalue weighted by atomic mass is 79.9. The van der Waals surface area contributed by atoms with Crippen molar-refractivity contribution in [2.24, 2.45) is 0 Å². The van der Waals surface area contributed by atoms with Crippen molar-refractivity contribution < 1.29 is 4.79 Å². The SMILES string of the molecule is O=C(c1ccccc1)c1cc(Br)c(Br)s1. The molecule has 0 unspecified atom stereocenters. The summed E-state index contributed by atoms with van der Waals surface area (Å²) in [7, 11) is 0. The van der Waals surface area contributed by atoms with E-state index in [2.05, 4.69) is 31.9 Å². The predicted molar refractivity (Wildman–Crippen MR) is 69.6 cm³/mol. The van der Waals surface area contributed by atoms with Gasteiger partial charge in [0.05, 0.1) is 8.66 Å². The fourth-order valence-electron chi connectivity index (χ4n) is 1.19. The van der Waals surface area contributed by atoms with Crippen LogP contribution in [-0.2, 0) is 0 Å². The highest BCUT2D eigenvalue weighted by molar-refractivity contribution is 9.13. The molecule has 2 aromatic rings. The zero-order valence-electron chi connectivity index (χ0n) is 7.54. The van der Waals surface area contributed by atoms with Gasteiger partial charge in [0.2, 0.25) is 5.78 Å². The third-order valence-corrected chi connectivity index (χ3v) is 5.16. The van der Waals surface area contributed by atoms with Gasteiger partial charge in [-0.2, -0.15) is 0 Å². The van der Waals surface area contributed by atoms with Crippen LogP contribution in [0.1, 0.15) is 15.2 Å². The van der Waals surface area contributed by atoms with Crippen molar-refractivity contribution in [3.8, 4) is 0 Å². The minimum absolute atomic E-state index is 0.0620. The zero-order chi connectivity index (χ0) is 10.8. The van der Waals surface area contributed by atoms with Crippen LogP contribution in [0.15, 0.2) is 44.7 Å². The number of hydrogen-bond donors (Lipinski definition) is 0. The Kier molecular flexibility index (Phi) is 3.38. The Labute approximate surface area is 108 Å². The number of benzene rings is 1. The molecule has 0 saturated carbocycles. The van der Waals surface area contributed by atoms with Crippen molar-refractivity contribution >= 4 is 49.0 Å². The van der Waals surface area contributed by atoms with Crippen molar-refractivity contribution in [1.82, 2.24) is 0 Å². The molecule has 0 aliphatic heterocycles. The standard InChI is InChI=1S/C11H6Br2OS/c12-8-6-9(15-11(8)13)10(14)7-4-2-1-3-5-7/h1-6H.